The van der Waals surface area contributed by atoms with Gasteiger partial charge in [-0.2, -0.15) is 0 Å². The van der Waals surface area contributed by atoms with Crippen LogP contribution in [0.5, 0.6) is 0 Å². The fourth-order valence-electron chi connectivity index (χ4n) is 1.51. The molecule has 0 saturated carbocycles. The van der Waals surface area contributed by atoms with Crippen molar-refractivity contribution in [1.29, 1.82) is 0 Å². The molecule has 0 heterocycles. The number of nitrogens with one attached hydrogen (secondary N) is 1. The third-order valence-electron chi connectivity index (χ3n) is 2.56. The lowest BCUT2D eigenvalue weighted by atomic mass is 10.1. The van der Waals surface area contributed by atoms with Crippen molar-refractivity contribution < 1.29 is 5.11 Å². The summed E-state index contributed by atoms with van der Waals surface area (Å²) in [5.41, 5.74) is 0.816. The summed E-state index contributed by atoms with van der Waals surface area (Å²) in [5, 5.41) is 13.7. The molecule has 0 amide bonds. The highest BCUT2D eigenvalue weighted by molar-refractivity contribution is 6.44. The highest BCUT2D eigenvalue weighted by atomic mass is 35.5. The van der Waals surface area contributed by atoms with Gasteiger partial charge in [-0.3, -0.25) is 0 Å². The van der Waals surface area contributed by atoms with Crippen LogP contribution in [-0.2, 0) is 6.54 Å². The fourth-order valence-corrected chi connectivity index (χ4v) is 2.19. The smallest absolute Gasteiger partial charge is 0.0652 e. The average Bonchev–Trinajstić information content (AvgIpc) is 2.31. The maximum atomic E-state index is 8.74. The lowest BCUT2D eigenvalue weighted by Gasteiger charge is -2.15. The third-order valence-corrected chi connectivity index (χ3v) is 3.76. The first-order chi connectivity index (χ1) is 8.06. The number of aliphatic hydroxyl groups is 1. The van der Waals surface area contributed by atoms with Gasteiger partial charge >= 0.3 is 0 Å². The van der Waals surface area contributed by atoms with Gasteiger partial charge in [0.1, 0.15) is 0 Å². The van der Waals surface area contributed by atoms with Crippen LogP contribution in [-0.4, -0.2) is 17.8 Å². The number of aliphatic hydroxyl groups excluding tert-OH is 1. The molecule has 0 aliphatic carbocycles. The molecule has 2 N–H and O–H groups in total. The highest BCUT2D eigenvalue weighted by Crippen LogP contribution is 2.31. The van der Waals surface area contributed by atoms with E-state index in [1.807, 2.05) is 0 Å². The van der Waals surface area contributed by atoms with Gasteiger partial charge in [0.2, 0.25) is 0 Å². The Morgan fingerprint density at radius 3 is 2.53 bits per heavy atom. The predicted molar refractivity (Wildman–Crippen MR) is 74.1 cm³/mol. The highest BCUT2D eigenvalue weighted by Gasteiger charge is 2.10. The van der Waals surface area contributed by atoms with Crippen molar-refractivity contribution in [3.8, 4) is 0 Å². The zero-order valence-electron chi connectivity index (χ0n) is 9.64. The summed E-state index contributed by atoms with van der Waals surface area (Å²) in [7, 11) is 0. The largest absolute Gasteiger partial charge is 0.396 e. The van der Waals surface area contributed by atoms with Gasteiger partial charge in [0.25, 0.3) is 0 Å². The second kappa shape index (κ2) is 7.45. The van der Waals surface area contributed by atoms with Gasteiger partial charge in [-0.15, -0.1) is 0 Å². The summed E-state index contributed by atoms with van der Waals surface area (Å²) in [4.78, 5) is 0. The van der Waals surface area contributed by atoms with E-state index in [0.29, 0.717) is 27.7 Å². The molecule has 2 nitrogen and oxygen atoms in total. The second-order valence-corrected chi connectivity index (χ2v) is 5.16. The van der Waals surface area contributed by atoms with Gasteiger partial charge in [-0.05, 0) is 31.9 Å². The Balaban J connectivity index is 2.60. The summed E-state index contributed by atoms with van der Waals surface area (Å²) < 4.78 is 0. The number of rotatable bonds is 6. The summed E-state index contributed by atoms with van der Waals surface area (Å²) in [6.07, 6.45) is 1.69. The number of benzene rings is 1. The van der Waals surface area contributed by atoms with Crippen LogP contribution in [0.2, 0.25) is 15.1 Å². The van der Waals surface area contributed by atoms with Crippen LogP contribution in [0.3, 0.4) is 0 Å². The minimum absolute atomic E-state index is 0.213. The number of hydrogen-bond donors (Lipinski definition) is 2. The molecule has 0 radical (unpaired) electrons. The molecule has 1 aromatic rings. The normalized spacial score (nSPS) is 12.8. The van der Waals surface area contributed by atoms with E-state index in [1.165, 1.54) is 0 Å². The van der Waals surface area contributed by atoms with E-state index in [1.54, 1.807) is 12.1 Å². The standard InChI is InChI=1S/C12H16Cl3NO/c1-8(3-2-6-17)16-7-9-10(13)4-5-11(14)12(9)15/h4-5,8,16-17H,2-3,6-7H2,1H3. The van der Waals surface area contributed by atoms with E-state index in [0.717, 1.165) is 18.4 Å². The molecular weight excluding hydrogens is 280 g/mol. The first kappa shape index (κ1) is 15.1. The average molecular weight is 297 g/mol. The summed E-state index contributed by atoms with van der Waals surface area (Å²) in [5.74, 6) is 0. The lowest BCUT2D eigenvalue weighted by molar-refractivity contribution is 0.276. The monoisotopic (exact) mass is 295 g/mol. The van der Waals surface area contributed by atoms with Crippen molar-refractivity contribution in [3.63, 3.8) is 0 Å². The Hall–Kier alpha value is 0.01000. The molecule has 1 unspecified atom stereocenters. The molecule has 0 aliphatic heterocycles. The minimum atomic E-state index is 0.213. The predicted octanol–water partition coefficient (Wildman–Crippen LogP) is 3.90. The van der Waals surface area contributed by atoms with Crippen molar-refractivity contribution in [2.24, 2.45) is 0 Å². The Bertz CT molecular complexity index is 371. The van der Waals surface area contributed by atoms with Crippen LogP contribution in [0, 0.1) is 0 Å². The molecule has 1 aromatic carbocycles. The van der Waals surface area contributed by atoms with Crippen LogP contribution in [0.1, 0.15) is 25.3 Å². The van der Waals surface area contributed by atoms with Crippen LogP contribution in [0.4, 0.5) is 0 Å². The molecule has 96 valence electrons. The lowest BCUT2D eigenvalue weighted by Crippen LogP contribution is -2.25. The summed E-state index contributed by atoms with van der Waals surface area (Å²) in [6, 6.07) is 3.73. The molecule has 0 spiro atoms. The van der Waals surface area contributed by atoms with Crippen molar-refractivity contribution in [3.05, 3.63) is 32.8 Å². The molecule has 5 heteroatoms. The van der Waals surface area contributed by atoms with Crippen molar-refractivity contribution in [2.75, 3.05) is 6.61 Å². The van der Waals surface area contributed by atoms with E-state index < -0.39 is 0 Å². The van der Waals surface area contributed by atoms with E-state index in [9.17, 15) is 0 Å². The maximum absolute atomic E-state index is 8.74. The van der Waals surface area contributed by atoms with Crippen LogP contribution in [0.15, 0.2) is 12.1 Å². The van der Waals surface area contributed by atoms with Gasteiger partial charge in [-0.25, -0.2) is 0 Å². The molecule has 0 fully saturated rings. The molecule has 0 bridgehead atoms. The summed E-state index contributed by atoms with van der Waals surface area (Å²) >= 11 is 18.1. The van der Waals surface area contributed by atoms with Gasteiger partial charge in [0.05, 0.1) is 10.0 Å². The van der Waals surface area contributed by atoms with Gasteiger partial charge in [0, 0.05) is 29.8 Å². The SMILES string of the molecule is CC(CCCO)NCc1c(Cl)ccc(Cl)c1Cl. The van der Waals surface area contributed by atoms with Crippen LogP contribution in [0.25, 0.3) is 0 Å². The maximum Gasteiger partial charge on any atom is 0.0652 e. The molecular formula is C12H16Cl3NO. The molecule has 1 atom stereocenters. The first-order valence-corrected chi connectivity index (χ1v) is 6.66. The Labute approximate surface area is 117 Å². The first-order valence-electron chi connectivity index (χ1n) is 5.53. The molecule has 1 rings (SSSR count). The quantitative estimate of drug-likeness (QED) is 0.780. The molecule has 0 aliphatic rings. The zero-order chi connectivity index (χ0) is 12.8. The van der Waals surface area contributed by atoms with Gasteiger partial charge < -0.3 is 10.4 Å². The van der Waals surface area contributed by atoms with Crippen molar-refractivity contribution >= 4 is 34.8 Å². The second-order valence-electron chi connectivity index (χ2n) is 3.97. The number of hydrogen-bond acceptors (Lipinski definition) is 2. The van der Waals surface area contributed by atoms with Crippen molar-refractivity contribution in [2.45, 2.75) is 32.4 Å². The molecule has 17 heavy (non-hydrogen) atoms. The van der Waals surface area contributed by atoms with Gasteiger partial charge in [-0.1, -0.05) is 34.8 Å². The molecule has 0 aromatic heterocycles. The number of halogens is 3. The Kier molecular flexibility index (Phi) is 6.60. The summed E-state index contributed by atoms with van der Waals surface area (Å²) in [6.45, 7) is 2.84. The van der Waals surface area contributed by atoms with E-state index >= 15 is 0 Å². The van der Waals surface area contributed by atoms with Crippen molar-refractivity contribution in [1.82, 2.24) is 5.32 Å². The molecule has 0 saturated heterocycles. The third kappa shape index (κ3) is 4.65. The minimum Gasteiger partial charge on any atom is -0.396 e. The van der Waals surface area contributed by atoms with Crippen LogP contribution < -0.4 is 5.32 Å². The Morgan fingerprint density at radius 1 is 1.24 bits per heavy atom. The van der Waals surface area contributed by atoms with E-state index in [4.69, 9.17) is 39.9 Å². The Morgan fingerprint density at radius 2 is 1.88 bits per heavy atom. The zero-order valence-corrected chi connectivity index (χ0v) is 11.9. The fraction of sp³-hybridized carbons (Fsp3) is 0.500. The van der Waals surface area contributed by atoms with Crippen LogP contribution >= 0.6 is 34.8 Å². The topological polar surface area (TPSA) is 32.3 Å². The van der Waals surface area contributed by atoms with E-state index in [-0.39, 0.29) is 6.61 Å². The van der Waals surface area contributed by atoms with Gasteiger partial charge in [0.15, 0.2) is 0 Å². The van der Waals surface area contributed by atoms with E-state index in [2.05, 4.69) is 12.2 Å².